The van der Waals surface area contributed by atoms with Crippen LogP contribution >= 0.6 is 11.6 Å². The molecule has 94 valence electrons. The van der Waals surface area contributed by atoms with Crippen LogP contribution in [0, 0.1) is 6.92 Å². The number of rotatable bonds is 6. The van der Waals surface area contributed by atoms with E-state index in [1.54, 1.807) is 13.0 Å². The summed E-state index contributed by atoms with van der Waals surface area (Å²) in [6, 6.07) is 1.65. The summed E-state index contributed by atoms with van der Waals surface area (Å²) in [6.45, 7) is 4.72. The molecule has 5 nitrogen and oxygen atoms in total. The second kappa shape index (κ2) is 6.39. The molecule has 0 atom stereocenters. The molecule has 0 fully saturated rings. The summed E-state index contributed by atoms with van der Waals surface area (Å²) in [5.41, 5.74) is 5.22. The van der Waals surface area contributed by atoms with E-state index in [2.05, 4.69) is 16.9 Å². The molecule has 2 N–H and O–H groups in total. The highest BCUT2D eigenvalue weighted by Gasteiger charge is 2.12. The van der Waals surface area contributed by atoms with Gasteiger partial charge in [0.2, 0.25) is 5.91 Å². The number of primary amides is 1. The molecular weight excluding hydrogens is 240 g/mol. The number of hydrogen-bond acceptors (Lipinski definition) is 4. The Morgan fingerprint density at radius 2 is 2.24 bits per heavy atom. The summed E-state index contributed by atoms with van der Waals surface area (Å²) in [4.78, 5) is 21.1. The second-order valence-corrected chi connectivity index (χ2v) is 4.22. The van der Waals surface area contributed by atoms with E-state index in [1.165, 1.54) is 0 Å². The predicted octanol–water partition coefficient (Wildman–Crippen LogP) is 1.53. The lowest BCUT2D eigenvalue weighted by atomic mass is 10.3. The first-order valence-corrected chi connectivity index (χ1v) is 5.95. The molecule has 0 aliphatic rings. The number of aromatic nitrogens is 2. The molecule has 1 rings (SSSR count). The lowest BCUT2D eigenvalue weighted by molar-refractivity contribution is -0.116. The van der Waals surface area contributed by atoms with E-state index in [0.29, 0.717) is 16.8 Å². The number of amides is 1. The van der Waals surface area contributed by atoms with Crippen molar-refractivity contribution in [2.24, 2.45) is 5.73 Å². The average Bonchev–Trinajstić information content (AvgIpc) is 2.22. The average molecular weight is 257 g/mol. The van der Waals surface area contributed by atoms with Crippen molar-refractivity contribution in [1.29, 1.82) is 0 Å². The highest BCUT2D eigenvalue weighted by Crippen LogP contribution is 2.16. The zero-order chi connectivity index (χ0) is 12.8. The standard InChI is InChI=1S/C11H17ClN4O/c1-3-4-5-16(7-10(13)17)11-6-9(12)14-8(2)15-11/h6H,3-5,7H2,1-2H3,(H2,13,17). The molecule has 1 aromatic heterocycles. The molecule has 0 radical (unpaired) electrons. The highest BCUT2D eigenvalue weighted by molar-refractivity contribution is 6.29. The lowest BCUT2D eigenvalue weighted by Crippen LogP contribution is -2.35. The third-order valence-corrected chi connectivity index (χ3v) is 2.44. The van der Waals surface area contributed by atoms with Gasteiger partial charge in [-0.05, 0) is 13.3 Å². The van der Waals surface area contributed by atoms with Crippen LogP contribution in [0.3, 0.4) is 0 Å². The lowest BCUT2D eigenvalue weighted by Gasteiger charge is -2.22. The van der Waals surface area contributed by atoms with Crippen molar-refractivity contribution in [3.05, 3.63) is 17.0 Å². The minimum absolute atomic E-state index is 0.146. The van der Waals surface area contributed by atoms with Crippen molar-refractivity contribution in [2.45, 2.75) is 26.7 Å². The fraction of sp³-hybridized carbons (Fsp3) is 0.545. The Morgan fingerprint density at radius 1 is 1.53 bits per heavy atom. The molecule has 0 aliphatic carbocycles. The van der Waals surface area contributed by atoms with Crippen molar-refractivity contribution in [3.8, 4) is 0 Å². The maximum absolute atomic E-state index is 11.0. The SMILES string of the molecule is CCCCN(CC(N)=O)c1cc(Cl)nc(C)n1. The monoisotopic (exact) mass is 256 g/mol. The van der Waals surface area contributed by atoms with Crippen molar-refractivity contribution < 1.29 is 4.79 Å². The minimum atomic E-state index is -0.381. The van der Waals surface area contributed by atoms with E-state index >= 15 is 0 Å². The Kier molecular flexibility index (Phi) is 5.15. The van der Waals surface area contributed by atoms with Gasteiger partial charge in [0.05, 0.1) is 6.54 Å². The number of hydrogen-bond donors (Lipinski definition) is 1. The van der Waals surface area contributed by atoms with E-state index in [1.807, 2.05) is 4.90 Å². The molecule has 1 heterocycles. The van der Waals surface area contributed by atoms with Gasteiger partial charge in [-0.15, -0.1) is 0 Å². The van der Waals surface area contributed by atoms with E-state index < -0.39 is 0 Å². The van der Waals surface area contributed by atoms with Crippen LogP contribution in [0.2, 0.25) is 5.15 Å². The zero-order valence-electron chi connectivity index (χ0n) is 10.1. The van der Waals surface area contributed by atoms with Gasteiger partial charge in [0.15, 0.2) is 0 Å². The minimum Gasteiger partial charge on any atom is -0.368 e. The first-order chi connectivity index (χ1) is 8.02. The van der Waals surface area contributed by atoms with Gasteiger partial charge in [0, 0.05) is 12.6 Å². The van der Waals surface area contributed by atoms with Crippen LogP contribution in [-0.2, 0) is 4.79 Å². The van der Waals surface area contributed by atoms with Crippen molar-refractivity contribution in [2.75, 3.05) is 18.0 Å². The zero-order valence-corrected chi connectivity index (χ0v) is 10.9. The van der Waals surface area contributed by atoms with Crippen LogP contribution in [0.4, 0.5) is 5.82 Å². The predicted molar refractivity (Wildman–Crippen MR) is 68.1 cm³/mol. The second-order valence-electron chi connectivity index (χ2n) is 3.84. The summed E-state index contributed by atoms with van der Waals surface area (Å²) < 4.78 is 0. The normalized spacial score (nSPS) is 10.3. The van der Waals surface area contributed by atoms with Crippen LogP contribution in [0.25, 0.3) is 0 Å². The number of unbranched alkanes of at least 4 members (excludes halogenated alkanes) is 1. The first-order valence-electron chi connectivity index (χ1n) is 5.57. The summed E-state index contributed by atoms with van der Waals surface area (Å²) in [5.74, 6) is 0.849. The largest absolute Gasteiger partial charge is 0.368 e. The number of carbonyl (C=O) groups excluding carboxylic acids is 1. The maximum Gasteiger partial charge on any atom is 0.236 e. The van der Waals surface area contributed by atoms with E-state index in [9.17, 15) is 4.79 Å². The molecule has 17 heavy (non-hydrogen) atoms. The Labute approximate surface area is 106 Å². The number of aryl methyl sites for hydroxylation is 1. The molecule has 0 saturated carbocycles. The van der Waals surface area contributed by atoms with Gasteiger partial charge in [0.1, 0.15) is 16.8 Å². The Bertz CT molecular complexity index is 377. The molecule has 0 bridgehead atoms. The molecule has 0 saturated heterocycles. The van der Waals surface area contributed by atoms with Crippen LogP contribution in [0.5, 0.6) is 0 Å². The Balaban J connectivity index is 2.90. The quantitative estimate of drug-likeness (QED) is 0.784. The Hall–Kier alpha value is -1.36. The van der Waals surface area contributed by atoms with Crippen molar-refractivity contribution in [3.63, 3.8) is 0 Å². The van der Waals surface area contributed by atoms with E-state index in [0.717, 1.165) is 19.4 Å². The first kappa shape index (κ1) is 13.7. The van der Waals surface area contributed by atoms with Gasteiger partial charge in [0.25, 0.3) is 0 Å². The maximum atomic E-state index is 11.0. The number of anilines is 1. The number of carbonyl (C=O) groups is 1. The number of nitrogens with two attached hydrogens (primary N) is 1. The molecule has 1 amide bonds. The van der Waals surface area contributed by atoms with Gasteiger partial charge < -0.3 is 10.6 Å². The van der Waals surface area contributed by atoms with Crippen LogP contribution < -0.4 is 10.6 Å². The smallest absolute Gasteiger partial charge is 0.236 e. The molecule has 0 aliphatic heterocycles. The number of halogens is 1. The van der Waals surface area contributed by atoms with Gasteiger partial charge in [-0.1, -0.05) is 24.9 Å². The molecular formula is C11H17ClN4O. The van der Waals surface area contributed by atoms with Crippen molar-refractivity contribution >= 4 is 23.3 Å². The topological polar surface area (TPSA) is 72.1 Å². The fourth-order valence-electron chi connectivity index (χ4n) is 1.49. The fourth-order valence-corrected chi connectivity index (χ4v) is 1.71. The molecule has 0 aromatic carbocycles. The van der Waals surface area contributed by atoms with Crippen molar-refractivity contribution in [1.82, 2.24) is 9.97 Å². The van der Waals surface area contributed by atoms with E-state index in [4.69, 9.17) is 17.3 Å². The molecule has 6 heteroatoms. The van der Waals surface area contributed by atoms with Crippen LogP contribution in [0.15, 0.2) is 6.07 Å². The summed E-state index contributed by atoms with van der Waals surface area (Å²) >= 11 is 5.87. The van der Waals surface area contributed by atoms with Gasteiger partial charge in [-0.3, -0.25) is 4.79 Å². The molecule has 0 spiro atoms. The van der Waals surface area contributed by atoms with Gasteiger partial charge in [-0.2, -0.15) is 0 Å². The molecule has 1 aromatic rings. The summed E-state index contributed by atoms with van der Waals surface area (Å²) in [7, 11) is 0. The third kappa shape index (κ3) is 4.56. The van der Waals surface area contributed by atoms with Crippen LogP contribution in [0.1, 0.15) is 25.6 Å². The van der Waals surface area contributed by atoms with Crippen LogP contribution in [-0.4, -0.2) is 29.0 Å². The third-order valence-electron chi connectivity index (χ3n) is 2.25. The summed E-state index contributed by atoms with van der Waals surface area (Å²) in [5, 5.41) is 0.374. The van der Waals surface area contributed by atoms with Gasteiger partial charge >= 0.3 is 0 Å². The highest BCUT2D eigenvalue weighted by atomic mass is 35.5. The Morgan fingerprint density at radius 3 is 2.76 bits per heavy atom. The molecule has 0 unspecified atom stereocenters. The summed E-state index contributed by atoms with van der Waals surface area (Å²) in [6.07, 6.45) is 2.00. The van der Waals surface area contributed by atoms with Gasteiger partial charge in [-0.25, -0.2) is 9.97 Å². The van der Waals surface area contributed by atoms with E-state index in [-0.39, 0.29) is 12.5 Å². The number of nitrogens with zero attached hydrogens (tertiary/aromatic N) is 3.